The third-order valence-electron chi connectivity index (χ3n) is 3.78. The molecule has 5 heteroatoms. The van der Waals surface area contributed by atoms with Crippen LogP contribution in [-0.4, -0.2) is 47.6 Å². The average Bonchev–Trinajstić information content (AvgIpc) is 2.77. The molecule has 1 aromatic rings. The van der Waals surface area contributed by atoms with Crippen LogP contribution in [0.5, 0.6) is 0 Å². The summed E-state index contributed by atoms with van der Waals surface area (Å²) >= 11 is 0. The van der Waals surface area contributed by atoms with Crippen LogP contribution < -0.4 is 10.6 Å². The Labute approximate surface area is 115 Å². The van der Waals surface area contributed by atoms with Crippen molar-refractivity contribution in [3.05, 3.63) is 11.4 Å². The highest BCUT2D eigenvalue weighted by molar-refractivity contribution is 5.57. The van der Waals surface area contributed by atoms with E-state index >= 15 is 0 Å². The third-order valence-corrected chi connectivity index (χ3v) is 3.78. The Hall–Kier alpha value is -1.36. The molecule has 106 valence electrons. The molecule has 0 bridgehead atoms. The molecule has 2 rings (SSSR count). The van der Waals surface area contributed by atoms with Gasteiger partial charge in [0.2, 0.25) is 0 Å². The second-order valence-corrected chi connectivity index (χ2v) is 5.28. The lowest BCUT2D eigenvalue weighted by atomic mass is 10.2. The van der Waals surface area contributed by atoms with Crippen molar-refractivity contribution in [3.8, 4) is 0 Å². The summed E-state index contributed by atoms with van der Waals surface area (Å²) in [6, 6.07) is 0.622. The summed E-state index contributed by atoms with van der Waals surface area (Å²) in [5, 5.41) is 6.78. The molecule has 1 fully saturated rings. The van der Waals surface area contributed by atoms with Crippen LogP contribution in [0.25, 0.3) is 0 Å². The van der Waals surface area contributed by atoms with E-state index in [1.807, 2.05) is 6.92 Å². The number of anilines is 2. The summed E-state index contributed by atoms with van der Waals surface area (Å²) in [7, 11) is 2.20. The van der Waals surface area contributed by atoms with Crippen molar-refractivity contribution in [2.24, 2.45) is 0 Å². The van der Waals surface area contributed by atoms with Gasteiger partial charge in [-0.15, -0.1) is 0 Å². The molecule has 19 heavy (non-hydrogen) atoms. The fraction of sp³-hybridized carbons (Fsp3) is 0.714. The van der Waals surface area contributed by atoms with Gasteiger partial charge in [0.25, 0.3) is 0 Å². The summed E-state index contributed by atoms with van der Waals surface area (Å²) < 4.78 is 0. The zero-order chi connectivity index (χ0) is 13.8. The Morgan fingerprint density at radius 3 is 2.47 bits per heavy atom. The van der Waals surface area contributed by atoms with Gasteiger partial charge in [0, 0.05) is 24.7 Å². The molecule has 0 aromatic carbocycles. The Morgan fingerprint density at radius 1 is 1.21 bits per heavy atom. The van der Waals surface area contributed by atoms with Gasteiger partial charge in [-0.3, -0.25) is 0 Å². The SMILES string of the molecule is CCNc1nc(C)nc(NCC2CCCN2C)c1C. The lowest BCUT2D eigenvalue weighted by Crippen LogP contribution is -2.32. The molecule has 0 amide bonds. The predicted octanol–water partition coefficient (Wildman–Crippen LogP) is 2.03. The van der Waals surface area contributed by atoms with Gasteiger partial charge in [-0.25, -0.2) is 9.97 Å². The molecular weight excluding hydrogens is 238 g/mol. The van der Waals surface area contributed by atoms with E-state index < -0.39 is 0 Å². The largest absolute Gasteiger partial charge is 0.370 e. The second kappa shape index (κ2) is 6.19. The number of hydrogen-bond acceptors (Lipinski definition) is 5. The summed E-state index contributed by atoms with van der Waals surface area (Å²) in [6.07, 6.45) is 2.57. The fourth-order valence-electron chi connectivity index (χ4n) is 2.59. The highest BCUT2D eigenvalue weighted by Crippen LogP contribution is 2.21. The minimum Gasteiger partial charge on any atom is -0.370 e. The Morgan fingerprint density at radius 2 is 1.89 bits per heavy atom. The number of aryl methyl sites for hydroxylation is 1. The summed E-state index contributed by atoms with van der Waals surface area (Å²) in [5.74, 6) is 2.71. The van der Waals surface area contributed by atoms with Gasteiger partial charge in [-0.1, -0.05) is 0 Å². The number of hydrogen-bond donors (Lipinski definition) is 2. The van der Waals surface area contributed by atoms with E-state index in [0.717, 1.165) is 36.1 Å². The van der Waals surface area contributed by atoms with Gasteiger partial charge in [-0.05, 0) is 47.2 Å². The number of likely N-dealkylation sites (tertiary alicyclic amines) is 1. The van der Waals surface area contributed by atoms with Crippen molar-refractivity contribution in [3.63, 3.8) is 0 Å². The summed E-state index contributed by atoms with van der Waals surface area (Å²) in [4.78, 5) is 11.4. The monoisotopic (exact) mass is 263 g/mol. The van der Waals surface area contributed by atoms with Crippen molar-refractivity contribution in [2.45, 2.75) is 39.7 Å². The van der Waals surface area contributed by atoms with Crippen LogP contribution in [-0.2, 0) is 0 Å². The lowest BCUT2D eigenvalue weighted by molar-refractivity contribution is 0.322. The normalized spacial score (nSPS) is 19.7. The maximum Gasteiger partial charge on any atom is 0.134 e. The Bertz CT molecular complexity index is 432. The molecule has 2 heterocycles. The quantitative estimate of drug-likeness (QED) is 0.851. The van der Waals surface area contributed by atoms with Crippen LogP contribution in [0.2, 0.25) is 0 Å². The Balaban J connectivity index is 2.06. The molecule has 1 unspecified atom stereocenters. The van der Waals surface area contributed by atoms with Crippen molar-refractivity contribution >= 4 is 11.6 Å². The molecule has 0 radical (unpaired) electrons. The number of aromatic nitrogens is 2. The number of nitrogens with one attached hydrogen (secondary N) is 2. The molecule has 1 atom stereocenters. The molecular formula is C14H25N5. The number of nitrogens with zero attached hydrogens (tertiary/aromatic N) is 3. The zero-order valence-corrected chi connectivity index (χ0v) is 12.5. The number of likely N-dealkylation sites (N-methyl/N-ethyl adjacent to an activating group) is 1. The highest BCUT2D eigenvalue weighted by atomic mass is 15.2. The summed E-state index contributed by atoms with van der Waals surface area (Å²) in [6.45, 7) is 9.13. The van der Waals surface area contributed by atoms with E-state index in [-0.39, 0.29) is 0 Å². The van der Waals surface area contributed by atoms with Crippen LogP contribution in [0.1, 0.15) is 31.2 Å². The van der Waals surface area contributed by atoms with E-state index in [2.05, 4.69) is 46.4 Å². The van der Waals surface area contributed by atoms with Gasteiger partial charge < -0.3 is 15.5 Å². The van der Waals surface area contributed by atoms with Crippen molar-refractivity contribution in [1.29, 1.82) is 0 Å². The van der Waals surface area contributed by atoms with Crippen molar-refractivity contribution < 1.29 is 0 Å². The predicted molar refractivity (Wildman–Crippen MR) is 79.8 cm³/mol. The molecule has 0 aliphatic carbocycles. The van der Waals surface area contributed by atoms with E-state index in [1.54, 1.807) is 0 Å². The van der Waals surface area contributed by atoms with Gasteiger partial charge in [0.1, 0.15) is 17.5 Å². The molecule has 1 aliphatic rings. The van der Waals surface area contributed by atoms with Crippen LogP contribution in [0, 0.1) is 13.8 Å². The first kappa shape index (κ1) is 14.1. The second-order valence-electron chi connectivity index (χ2n) is 5.28. The molecule has 1 saturated heterocycles. The van der Waals surface area contributed by atoms with E-state index in [4.69, 9.17) is 0 Å². The lowest BCUT2D eigenvalue weighted by Gasteiger charge is -2.21. The van der Waals surface area contributed by atoms with Crippen LogP contribution in [0.15, 0.2) is 0 Å². The molecule has 0 saturated carbocycles. The maximum atomic E-state index is 4.52. The van der Waals surface area contributed by atoms with Gasteiger partial charge in [0.05, 0.1) is 0 Å². The van der Waals surface area contributed by atoms with E-state index in [1.165, 1.54) is 19.4 Å². The molecule has 5 nitrogen and oxygen atoms in total. The number of rotatable bonds is 5. The smallest absolute Gasteiger partial charge is 0.134 e. The van der Waals surface area contributed by atoms with Crippen molar-refractivity contribution in [2.75, 3.05) is 37.3 Å². The standard InChI is InChI=1S/C14H25N5/c1-5-15-13-10(2)14(18-11(3)17-13)16-9-12-7-6-8-19(12)4/h12H,5-9H2,1-4H3,(H2,15,16,17,18). The van der Waals surface area contributed by atoms with Gasteiger partial charge in [-0.2, -0.15) is 0 Å². The minimum absolute atomic E-state index is 0.622. The first-order chi connectivity index (χ1) is 9.11. The fourth-order valence-corrected chi connectivity index (χ4v) is 2.59. The zero-order valence-electron chi connectivity index (χ0n) is 12.5. The first-order valence-corrected chi connectivity index (χ1v) is 7.15. The van der Waals surface area contributed by atoms with Gasteiger partial charge in [0.15, 0.2) is 0 Å². The topological polar surface area (TPSA) is 53.1 Å². The van der Waals surface area contributed by atoms with Crippen LogP contribution >= 0.6 is 0 Å². The Kier molecular flexibility index (Phi) is 4.58. The van der Waals surface area contributed by atoms with Crippen molar-refractivity contribution in [1.82, 2.24) is 14.9 Å². The first-order valence-electron chi connectivity index (χ1n) is 7.15. The minimum atomic E-state index is 0.622. The van der Waals surface area contributed by atoms with Crippen LogP contribution in [0.4, 0.5) is 11.6 Å². The van der Waals surface area contributed by atoms with E-state index in [9.17, 15) is 0 Å². The molecule has 2 N–H and O–H groups in total. The average molecular weight is 263 g/mol. The van der Waals surface area contributed by atoms with Crippen LogP contribution in [0.3, 0.4) is 0 Å². The van der Waals surface area contributed by atoms with E-state index in [0.29, 0.717) is 6.04 Å². The molecule has 1 aromatic heterocycles. The van der Waals surface area contributed by atoms with Gasteiger partial charge >= 0.3 is 0 Å². The molecule has 0 spiro atoms. The third kappa shape index (κ3) is 3.35. The molecule has 1 aliphatic heterocycles. The summed E-state index contributed by atoms with van der Waals surface area (Å²) in [5.41, 5.74) is 1.10. The maximum absolute atomic E-state index is 4.52. The highest BCUT2D eigenvalue weighted by Gasteiger charge is 2.21.